The maximum Gasteiger partial charge on any atom is 0.252 e. The van der Waals surface area contributed by atoms with Crippen molar-refractivity contribution in [3.63, 3.8) is 0 Å². The Hall–Kier alpha value is -2.40. The van der Waals surface area contributed by atoms with Crippen molar-refractivity contribution in [2.45, 2.75) is 13.5 Å². The average Bonchev–Trinajstić information content (AvgIpc) is 2.39. The van der Waals surface area contributed by atoms with Gasteiger partial charge < -0.3 is 16.2 Å². The third-order valence-corrected chi connectivity index (χ3v) is 2.81. The summed E-state index contributed by atoms with van der Waals surface area (Å²) in [7, 11) is 0. The second-order valence-corrected chi connectivity index (χ2v) is 4.08. The van der Waals surface area contributed by atoms with Crippen LogP contribution in [0.5, 0.6) is 11.6 Å². The molecule has 0 saturated carbocycles. The second-order valence-electron chi connectivity index (χ2n) is 4.08. The number of nitrogens with zero attached hydrogens (tertiary/aromatic N) is 1. The fraction of sp³-hybridized carbons (Fsp3) is 0.143. The topological polar surface area (TPSA) is 91.2 Å². The number of aryl methyl sites for hydroxylation is 1. The zero-order valence-corrected chi connectivity index (χ0v) is 10.6. The van der Waals surface area contributed by atoms with E-state index in [0.29, 0.717) is 23.7 Å². The SMILES string of the molecule is Cc1ccnc(Oc2ccccc2C(N)=O)c1CN. The summed E-state index contributed by atoms with van der Waals surface area (Å²) in [5, 5.41) is 0. The quantitative estimate of drug-likeness (QED) is 0.872. The number of amides is 1. The lowest BCUT2D eigenvalue weighted by Crippen LogP contribution is -2.12. The Kier molecular flexibility index (Phi) is 3.77. The molecule has 0 radical (unpaired) electrons. The summed E-state index contributed by atoms with van der Waals surface area (Å²) in [4.78, 5) is 15.5. The molecule has 0 bridgehead atoms. The number of aromatic nitrogens is 1. The molecule has 0 spiro atoms. The van der Waals surface area contributed by atoms with Gasteiger partial charge in [0.05, 0.1) is 5.56 Å². The molecule has 0 fully saturated rings. The van der Waals surface area contributed by atoms with E-state index in [1.165, 1.54) is 0 Å². The first-order valence-corrected chi connectivity index (χ1v) is 5.84. The van der Waals surface area contributed by atoms with Crippen LogP contribution in [0.1, 0.15) is 21.5 Å². The van der Waals surface area contributed by atoms with Gasteiger partial charge in [-0.15, -0.1) is 0 Å². The third-order valence-electron chi connectivity index (χ3n) is 2.81. The molecule has 5 nitrogen and oxygen atoms in total. The smallest absolute Gasteiger partial charge is 0.252 e. The summed E-state index contributed by atoms with van der Waals surface area (Å²) in [6, 6.07) is 8.62. The van der Waals surface area contributed by atoms with Crippen LogP contribution >= 0.6 is 0 Å². The molecule has 5 heteroatoms. The Morgan fingerprint density at radius 3 is 2.74 bits per heavy atom. The second kappa shape index (κ2) is 5.49. The number of nitrogens with two attached hydrogens (primary N) is 2. The Balaban J connectivity index is 2.42. The van der Waals surface area contributed by atoms with Crippen LogP contribution in [0.25, 0.3) is 0 Å². The van der Waals surface area contributed by atoms with Gasteiger partial charge >= 0.3 is 0 Å². The number of para-hydroxylation sites is 1. The molecule has 0 unspecified atom stereocenters. The minimum absolute atomic E-state index is 0.313. The normalized spacial score (nSPS) is 10.2. The van der Waals surface area contributed by atoms with Crippen molar-refractivity contribution in [1.82, 2.24) is 4.98 Å². The average molecular weight is 257 g/mol. The maximum atomic E-state index is 11.3. The van der Waals surface area contributed by atoms with E-state index in [2.05, 4.69) is 4.98 Å². The van der Waals surface area contributed by atoms with Crippen molar-refractivity contribution in [2.24, 2.45) is 11.5 Å². The van der Waals surface area contributed by atoms with E-state index in [-0.39, 0.29) is 0 Å². The Bertz CT molecular complexity index is 611. The molecule has 0 aliphatic rings. The van der Waals surface area contributed by atoms with Gasteiger partial charge in [0, 0.05) is 18.3 Å². The fourth-order valence-electron chi connectivity index (χ4n) is 1.76. The highest BCUT2D eigenvalue weighted by atomic mass is 16.5. The molecule has 98 valence electrons. The molecule has 2 rings (SSSR count). The number of hydrogen-bond donors (Lipinski definition) is 2. The lowest BCUT2D eigenvalue weighted by atomic mass is 10.1. The van der Waals surface area contributed by atoms with E-state index in [1.54, 1.807) is 30.5 Å². The van der Waals surface area contributed by atoms with Crippen LogP contribution in [0, 0.1) is 6.92 Å². The van der Waals surface area contributed by atoms with Gasteiger partial charge in [-0.2, -0.15) is 0 Å². The summed E-state index contributed by atoms with van der Waals surface area (Å²) >= 11 is 0. The van der Waals surface area contributed by atoms with Gasteiger partial charge in [0.2, 0.25) is 5.88 Å². The summed E-state index contributed by atoms with van der Waals surface area (Å²) in [6.45, 7) is 2.24. The highest BCUT2D eigenvalue weighted by Crippen LogP contribution is 2.27. The zero-order valence-electron chi connectivity index (χ0n) is 10.6. The third kappa shape index (κ3) is 2.71. The predicted molar refractivity (Wildman–Crippen MR) is 71.9 cm³/mol. The van der Waals surface area contributed by atoms with Gasteiger partial charge in [0.25, 0.3) is 5.91 Å². The number of benzene rings is 1. The summed E-state index contributed by atoms with van der Waals surface area (Å²) in [5.41, 5.74) is 13.1. The first-order chi connectivity index (χ1) is 9.13. The molecule has 0 atom stereocenters. The largest absolute Gasteiger partial charge is 0.438 e. The van der Waals surface area contributed by atoms with Crippen molar-refractivity contribution in [2.75, 3.05) is 0 Å². The van der Waals surface area contributed by atoms with Crippen molar-refractivity contribution in [3.05, 3.63) is 53.2 Å². The number of carbonyl (C=O) groups excluding carboxylic acids is 1. The van der Waals surface area contributed by atoms with Crippen molar-refractivity contribution in [1.29, 1.82) is 0 Å². The Morgan fingerprint density at radius 1 is 1.32 bits per heavy atom. The first-order valence-electron chi connectivity index (χ1n) is 5.84. The van der Waals surface area contributed by atoms with Crippen LogP contribution in [-0.2, 0) is 6.54 Å². The van der Waals surface area contributed by atoms with Crippen LogP contribution < -0.4 is 16.2 Å². The van der Waals surface area contributed by atoms with Gasteiger partial charge in [0.1, 0.15) is 5.75 Å². The van der Waals surface area contributed by atoms with Crippen molar-refractivity contribution < 1.29 is 9.53 Å². The molecular weight excluding hydrogens is 242 g/mol. The molecule has 19 heavy (non-hydrogen) atoms. The monoisotopic (exact) mass is 257 g/mol. The van der Waals surface area contributed by atoms with Gasteiger partial charge in [0.15, 0.2) is 0 Å². The molecule has 0 aliphatic heterocycles. The Labute approximate surface area is 111 Å². The number of hydrogen-bond acceptors (Lipinski definition) is 4. The number of rotatable bonds is 4. The van der Waals surface area contributed by atoms with Gasteiger partial charge in [-0.25, -0.2) is 4.98 Å². The van der Waals surface area contributed by atoms with Crippen LogP contribution in [-0.4, -0.2) is 10.9 Å². The van der Waals surface area contributed by atoms with Crippen LogP contribution in [0.4, 0.5) is 0 Å². The maximum absolute atomic E-state index is 11.3. The molecular formula is C14H15N3O2. The zero-order chi connectivity index (χ0) is 13.8. The van der Waals surface area contributed by atoms with Crippen LogP contribution in [0.2, 0.25) is 0 Å². The van der Waals surface area contributed by atoms with E-state index in [0.717, 1.165) is 11.1 Å². The molecule has 4 N–H and O–H groups in total. The van der Waals surface area contributed by atoms with Crippen LogP contribution in [0.15, 0.2) is 36.5 Å². The molecule has 1 heterocycles. The molecule has 1 amide bonds. The predicted octanol–water partition coefficient (Wildman–Crippen LogP) is 1.74. The fourth-order valence-corrected chi connectivity index (χ4v) is 1.76. The van der Waals surface area contributed by atoms with Crippen molar-refractivity contribution in [3.8, 4) is 11.6 Å². The summed E-state index contributed by atoms with van der Waals surface area (Å²) < 4.78 is 5.68. The lowest BCUT2D eigenvalue weighted by Gasteiger charge is -2.12. The number of primary amides is 1. The minimum atomic E-state index is -0.544. The molecule has 0 aliphatic carbocycles. The van der Waals surface area contributed by atoms with Crippen LogP contribution in [0.3, 0.4) is 0 Å². The van der Waals surface area contributed by atoms with E-state index in [1.807, 2.05) is 13.0 Å². The lowest BCUT2D eigenvalue weighted by molar-refractivity contribution is 0.0998. The van der Waals surface area contributed by atoms with Gasteiger partial charge in [-0.05, 0) is 30.7 Å². The highest BCUT2D eigenvalue weighted by Gasteiger charge is 2.13. The van der Waals surface area contributed by atoms with E-state index < -0.39 is 5.91 Å². The van der Waals surface area contributed by atoms with E-state index >= 15 is 0 Å². The highest BCUT2D eigenvalue weighted by molar-refractivity contribution is 5.95. The summed E-state index contributed by atoms with van der Waals surface area (Å²) in [6.07, 6.45) is 1.64. The van der Waals surface area contributed by atoms with Crippen molar-refractivity contribution >= 4 is 5.91 Å². The summed E-state index contributed by atoms with van der Waals surface area (Å²) in [5.74, 6) is 0.233. The van der Waals surface area contributed by atoms with E-state index in [9.17, 15) is 4.79 Å². The van der Waals surface area contributed by atoms with Gasteiger partial charge in [-0.3, -0.25) is 4.79 Å². The standard InChI is InChI=1S/C14H15N3O2/c1-9-6-7-17-14(11(9)8-15)19-12-5-3-2-4-10(12)13(16)18/h2-7H,8,15H2,1H3,(H2,16,18). The number of carbonyl (C=O) groups is 1. The van der Waals surface area contributed by atoms with E-state index in [4.69, 9.17) is 16.2 Å². The Morgan fingerprint density at radius 2 is 2.05 bits per heavy atom. The molecule has 2 aromatic rings. The van der Waals surface area contributed by atoms with Gasteiger partial charge in [-0.1, -0.05) is 12.1 Å². The molecule has 0 saturated heterocycles. The molecule has 1 aromatic carbocycles. The minimum Gasteiger partial charge on any atom is -0.438 e. The number of pyridine rings is 1. The first kappa shape index (κ1) is 13.0. The molecule has 1 aromatic heterocycles. The number of ether oxygens (including phenoxy) is 1.